The van der Waals surface area contributed by atoms with Crippen molar-refractivity contribution < 1.29 is 57.8 Å². The van der Waals surface area contributed by atoms with Crippen molar-refractivity contribution in [2.75, 3.05) is 72.3 Å². The van der Waals surface area contributed by atoms with E-state index in [1.54, 1.807) is 62.8 Å². The Bertz CT molecular complexity index is 3370. The number of phenolic OH excluding ortho intramolecular Hbond substituents is 2. The minimum Gasteiger partial charge on any atom is -0.508 e. The molecule has 0 saturated heterocycles. The van der Waals surface area contributed by atoms with Crippen LogP contribution in [0.15, 0.2) is 133 Å². The molecule has 0 unspecified atom stereocenters. The molecule has 2 heterocycles. The number of ether oxygens (including phenoxy) is 4. The van der Waals surface area contributed by atoms with Crippen molar-refractivity contribution in [2.45, 2.75) is 12.8 Å². The van der Waals surface area contributed by atoms with E-state index in [1.807, 2.05) is 0 Å². The minimum atomic E-state index is -1.14. The summed E-state index contributed by atoms with van der Waals surface area (Å²) in [5.41, 5.74) is 9.46. The standard InChI is InChI=1S/C27H26N2O7S.C21H11NO5S.C6H15NO2/c1-34-11-12-35-10-2-9-28-27(37)29-16-3-6-19(22(13-16)26(32)33)25-20-7-4-17(30)14-23(20)36-24-15-18(31)5-8-21(24)25;23-12-2-5-15-18(8-12)27-19-9-13(24)3-6-16(19)20(15)14-4-1-11(22-10-28)7-17(14)21(25)26;1-8-5-6-9-4-2-3-7/h3-8,13-15,30H,2,9-12H2,1H3,(H,32,33)(H2,28,29,37);1-9,23H,(H,25,26);2-7H2,1H3. The lowest BCUT2D eigenvalue weighted by Crippen LogP contribution is -2.30. The second kappa shape index (κ2) is 27.2. The zero-order valence-electron chi connectivity index (χ0n) is 40.2. The monoisotopic (exact) mass is 1040 g/mol. The topological polar surface area (TPSA) is 275 Å². The molecule has 0 fully saturated rings. The zero-order valence-corrected chi connectivity index (χ0v) is 41.8. The largest absolute Gasteiger partial charge is 0.508 e. The van der Waals surface area contributed by atoms with E-state index in [2.05, 4.69) is 33.0 Å². The highest BCUT2D eigenvalue weighted by molar-refractivity contribution is 7.80. The fraction of sp³-hybridized carbons (Fsp3) is 0.222. The Hall–Kier alpha value is -7.91. The summed E-state index contributed by atoms with van der Waals surface area (Å²) in [6.07, 6.45) is 1.67. The van der Waals surface area contributed by atoms with E-state index in [1.165, 1.54) is 60.7 Å². The summed E-state index contributed by atoms with van der Waals surface area (Å²) in [5.74, 6) is -1.72. The molecule has 0 amide bonds. The quantitative estimate of drug-likeness (QED) is 0.0172. The summed E-state index contributed by atoms with van der Waals surface area (Å²) in [4.78, 5) is 51.9. The molecule has 0 saturated carbocycles. The lowest BCUT2D eigenvalue weighted by molar-refractivity contribution is 0.0687. The highest BCUT2D eigenvalue weighted by Gasteiger charge is 2.24. The SMILES string of the molecule is COCCOCCCN.COCCOCCCNC(=S)Nc1ccc(-c2c3ccc(=O)cc-3oc3cc(O)ccc23)c(C(=O)O)c1.O=C(O)c1cc(N=C=S)ccc1-c1c2ccc(=O)cc-2oc2cc(O)ccc12. The number of hydrogen-bond acceptors (Lipinski definition) is 16. The molecule has 4 aliphatic rings. The Kier molecular flexibility index (Phi) is 20.4. The van der Waals surface area contributed by atoms with Crippen LogP contribution in [0, 0.1) is 0 Å². The van der Waals surface area contributed by atoms with Gasteiger partial charge >= 0.3 is 11.9 Å². The normalized spacial score (nSPS) is 10.8. The molecule has 4 aromatic carbocycles. The van der Waals surface area contributed by atoms with Gasteiger partial charge in [0.1, 0.15) is 34.2 Å². The van der Waals surface area contributed by atoms with E-state index in [0.29, 0.717) is 118 Å². The molecule has 74 heavy (non-hydrogen) atoms. The number of nitrogens with one attached hydrogen (secondary N) is 2. The number of isothiocyanates is 1. The summed E-state index contributed by atoms with van der Waals surface area (Å²) in [7, 11) is 3.28. The Morgan fingerprint density at radius 1 is 0.635 bits per heavy atom. The summed E-state index contributed by atoms with van der Waals surface area (Å²) in [6.45, 7) is 5.02. The Balaban J connectivity index is 0.000000212. The molecule has 4 aromatic rings. The molecule has 0 radical (unpaired) electrons. The van der Waals surface area contributed by atoms with Gasteiger partial charge in [0.15, 0.2) is 16.0 Å². The number of nitrogens with two attached hydrogens (primary N) is 1. The molecule has 2 aliphatic carbocycles. The van der Waals surface area contributed by atoms with Gasteiger partial charge in [-0.25, -0.2) is 9.59 Å². The van der Waals surface area contributed by atoms with Crippen LogP contribution in [0.3, 0.4) is 0 Å². The smallest absolute Gasteiger partial charge is 0.336 e. The number of aliphatic imine (C=N–C) groups is 1. The molecule has 18 nitrogen and oxygen atoms in total. The predicted molar refractivity (Wildman–Crippen MR) is 289 cm³/mol. The van der Waals surface area contributed by atoms with Crippen LogP contribution in [0.2, 0.25) is 0 Å². The van der Waals surface area contributed by atoms with Gasteiger partial charge in [-0.1, -0.05) is 12.1 Å². The van der Waals surface area contributed by atoms with Gasteiger partial charge in [-0.3, -0.25) is 9.59 Å². The molecule has 2 aliphatic heterocycles. The van der Waals surface area contributed by atoms with Crippen LogP contribution in [0.5, 0.6) is 11.5 Å². The zero-order chi connectivity index (χ0) is 53.1. The highest BCUT2D eigenvalue weighted by atomic mass is 32.1. The van der Waals surface area contributed by atoms with Gasteiger partial charge in [-0.15, -0.1) is 0 Å². The molecule has 20 heteroatoms. The van der Waals surface area contributed by atoms with Crippen molar-refractivity contribution in [1.82, 2.24) is 5.32 Å². The fourth-order valence-corrected chi connectivity index (χ4v) is 7.92. The molecule has 0 atom stereocenters. The van der Waals surface area contributed by atoms with Crippen LogP contribution in [0.1, 0.15) is 33.6 Å². The number of benzene rings is 6. The van der Waals surface area contributed by atoms with Crippen LogP contribution < -0.4 is 27.2 Å². The number of thiocarbonyl (C=S) groups is 2. The van der Waals surface area contributed by atoms with Crippen LogP contribution in [-0.4, -0.2) is 110 Å². The van der Waals surface area contributed by atoms with Crippen LogP contribution in [0.4, 0.5) is 11.4 Å². The Morgan fingerprint density at radius 2 is 1.14 bits per heavy atom. The number of fused-ring (bicyclic) bond motifs is 4. The van der Waals surface area contributed by atoms with Crippen molar-refractivity contribution in [3.8, 4) is 56.4 Å². The third-order valence-electron chi connectivity index (χ3n) is 10.9. The van der Waals surface area contributed by atoms with E-state index in [-0.39, 0.29) is 45.0 Å². The Labute approximate surface area is 434 Å². The van der Waals surface area contributed by atoms with E-state index < -0.39 is 11.9 Å². The molecule has 0 spiro atoms. The van der Waals surface area contributed by atoms with E-state index in [4.69, 9.17) is 45.7 Å². The molecule has 0 aromatic heterocycles. The van der Waals surface area contributed by atoms with Gasteiger partial charge in [0.05, 0.1) is 48.4 Å². The molecular formula is C54H52N4O14S2. The van der Waals surface area contributed by atoms with Crippen molar-refractivity contribution in [1.29, 1.82) is 0 Å². The van der Waals surface area contributed by atoms with Gasteiger partial charge < -0.3 is 64.6 Å². The number of methoxy groups -OCH3 is 2. The maximum absolute atomic E-state index is 12.3. The molecule has 8 rings (SSSR count). The average Bonchev–Trinajstić information content (AvgIpc) is 3.37. The maximum atomic E-state index is 12.3. The lowest BCUT2D eigenvalue weighted by Gasteiger charge is -2.18. The lowest BCUT2D eigenvalue weighted by atomic mass is 9.90. The van der Waals surface area contributed by atoms with E-state index >= 15 is 0 Å². The van der Waals surface area contributed by atoms with Crippen LogP contribution >= 0.6 is 24.4 Å². The predicted octanol–water partition coefficient (Wildman–Crippen LogP) is 9.01. The first-order valence-electron chi connectivity index (χ1n) is 22.9. The number of phenols is 2. The van der Waals surface area contributed by atoms with Gasteiger partial charge in [0.2, 0.25) is 0 Å². The summed E-state index contributed by atoms with van der Waals surface area (Å²) < 4.78 is 31.9. The second-order valence-corrected chi connectivity index (χ2v) is 16.6. The maximum Gasteiger partial charge on any atom is 0.336 e. The van der Waals surface area contributed by atoms with Crippen molar-refractivity contribution >= 4 is 80.0 Å². The summed E-state index contributed by atoms with van der Waals surface area (Å²) in [5, 5.41) is 49.4. The number of aromatic hydroxyl groups is 2. The van der Waals surface area contributed by atoms with Crippen LogP contribution in [0.25, 0.3) is 66.8 Å². The number of rotatable bonds is 19. The van der Waals surface area contributed by atoms with Crippen molar-refractivity contribution in [3.05, 3.63) is 141 Å². The van der Waals surface area contributed by atoms with Crippen molar-refractivity contribution in [3.63, 3.8) is 0 Å². The minimum absolute atomic E-state index is 0.0102. The molecule has 8 N–H and O–H groups in total. The third-order valence-corrected chi connectivity index (χ3v) is 11.3. The number of aromatic carboxylic acids is 2. The van der Waals surface area contributed by atoms with Gasteiger partial charge in [-0.2, -0.15) is 4.99 Å². The first-order chi connectivity index (χ1) is 35.8. The molecule has 384 valence electrons. The van der Waals surface area contributed by atoms with Crippen LogP contribution in [-0.2, 0) is 18.9 Å². The van der Waals surface area contributed by atoms with Gasteiger partial charge in [-0.05, 0) is 128 Å². The number of carbonyl (C=O) groups is 2. The average molecular weight is 1050 g/mol. The highest BCUT2D eigenvalue weighted by Crippen LogP contribution is 2.44. The number of anilines is 1. The number of carboxylic acids is 2. The third kappa shape index (κ3) is 14.6. The summed E-state index contributed by atoms with van der Waals surface area (Å²) in [6, 6.07) is 27.4. The fourth-order valence-electron chi connectivity index (χ4n) is 7.59. The number of hydrogen-bond donors (Lipinski definition) is 7. The summed E-state index contributed by atoms with van der Waals surface area (Å²) >= 11 is 9.94. The number of nitrogens with zero attached hydrogens (tertiary/aromatic N) is 1. The van der Waals surface area contributed by atoms with Gasteiger partial charge in [0.25, 0.3) is 0 Å². The molecule has 0 bridgehead atoms. The molecular weight excluding hydrogens is 993 g/mol. The first kappa shape index (κ1) is 55.4. The number of carboxylic acid groups (broad SMARTS) is 2. The van der Waals surface area contributed by atoms with E-state index in [9.17, 15) is 39.6 Å². The first-order valence-corrected chi connectivity index (χ1v) is 23.7. The van der Waals surface area contributed by atoms with Crippen molar-refractivity contribution in [2.24, 2.45) is 10.7 Å². The van der Waals surface area contributed by atoms with E-state index in [0.717, 1.165) is 19.4 Å². The van der Waals surface area contributed by atoms with Gasteiger partial charge in [0, 0.05) is 97.0 Å². The second-order valence-electron chi connectivity index (χ2n) is 16.0. The Morgan fingerprint density at radius 3 is 1.64 bits per heavy atom.